The Labute approximate surface area is 148 Å². The molecule has 3 heterocycles. The lowest BCUT2D eigenvalue weighted by Crippen LogP contribution is -2.45. The Morgan fingerprint density at radius 1 is 1.48 bits per heavy atom. The van der Waals surface area contributed by atoms with Gasteiger partial charge >= 0.3 is 0 Å². The molecule has 2 saturated heterocycles. The molecular formula is C18H24N4O3. The number of carbonyl (C=O) groups is 1. The SMILES string of the molecule is CN(C)c1ncccc1O[C@H]1CCN(C(=O)C2(C#N)CCOCC2)C1. The first-order valence-electron chi connectivity index (χ1n) is 8.63. The summed E-state index contributed by atoms with van der Waals surface area (Å²) in [7, 11) is 3.84. The van der Waals surface area contributed by atoms with Gasteiger partial charge in [-0.2, -0.15) is 5.26 Å². The minimum Gasteiger partial charge on any atom is -0.485 e. The zero-order chi connectivity index (χ0) is 17.9. The molecule has 3 rings (SSSR count). The van der Waals surface area contributed by atoms with E-state index in [1.165, 1.54) is 0 Å². The van der Waals surface area contributed by atoms with Crippen molar-refractivity contribution in [3.63, 3.8) is 0 Å². The molecule has 2 aliphatic heterocycles. The topological polar surface area (TPSA) is 78.7 Å². The van der Waals surface area contributed by atoms with Gasteiger partial charge in [0, 0.05) is 46.5 Å². The first-order chi connectivity index (χ1) is 12.1. The lowest BCUT2D eigenvalue weighted by molar-refractivity contribution is -0.142. The van der Waals surface area contributed by atoms with Crippen molar-refractivity contribution in [2.75, 3.05) is 45.3 Å². The second kappa shape index (κ2) is 7.28. The monoisotopic (exact) mass is 344 g/mol. The molecule has 1 amide bonds. The number of hydrogen-bond acceptors (Lipinski definition) is 6. The lowest BCUT2D eigenvalue weighted by Gasteiger charge is -2.33. The van der Waals surface area contributed by atoms with Gasteiger partial charge in [0.1, 0.15) is 11.5 Å². The number of amides is 1. The van der Waals surface area contributed by atoms with Gasteiger partial charge in [0.15, 0.2) is 11.6 Å². The minimum atomic E-state index is -0.934. The van der Waals surface area contributed by atoms with E-state index in [2.05, 4.69) is 11.1 Å². The van der Waals surface area contributed by atoms with Crippen molar-refractivity contribution in [1.82, 2.24) is 9.88 Å². The Balaban J connectivity index is 1.66. The fourth-order valence-corrected chi connectivity index (χ4v) is 3.39. The molecule has 7 nitrogen and oxygen atoms in total. The van der Waals surface area contributed by atoms with Crippen molar-refractivity contribution in [1.29, 1.82) is 5.26 Å². The molecule has 0 saturated carbocycles. The van der Waals surface area contributed by atoms with Crippen LogP contribution in [0.3, 0.4) is 0 Å². The second-order valence-electron chi connectivity index (χ2n) is 6.81. The van der Waals surface area contributed by atoms with Crippen LogP contribution in [-0.2, 0) is 9.53 Å². The predicted octanol–water partition coefficient (Wildman–Crippen LogP) is 1.45. The van der Waals surface area contributed by atoms with Gasteiger partial charge in [0.05, 0.1) is 12.6 Å². The highest BCUT2D eigenvalue weighted by Gasteiger charge is 2.45. The molecule has 0 aliphatic carbocycles. The number of ether oxygens (including phenoxy) is 2. The van der Waals surface area contributed by atoms with Crippen LogP contribution in [0.5, 0.6) is 5.75 Å². The van der Waals surface area contributed by atoms with Gasteiger partial charge in [0.2, 0.25) is 5.91 Å². The number of hydrogen-bond donors (Lipinski definition) is 0. The van der Waals surface area contributed by atoms with Gasteiger partial charge in [0.25, 0.3) is 0 Å². The number of carbonyl (C=O) groups excluding carboxylic acids is 1. The summed E-state index contributed by atoms with van der Waals surface area (Å²) >= 11 is 0. The van der Waals surface area contributed by atoms with Crippen molar-refractivity contribution in [2.45, 2.75) is 25.4 Å². The molecule has 1 aromatic rings. The molecule has 0 bridgehead atoms. The van der Waals surface area contributed by atoms with E-state index < -0.39 is 5.41 Å². The summed E-state index contributed by atoms with van der Waals surface area (Å²) < 4.78 is 11.4. The molecule has 0 radical (unpaired) electrons. The minimum absolute atomic E-state index is 0.0802. The van der Waals surface area contributed by atoms with Gasteiger partial charge in [-0.05, 0) is 25.0 Å². The molecule has 0 unspecified atom stereocenters. The van der Waals surface area contributed by atoms with E-state index in [1.54, 1.807) is 11.1 Å². The molecule has 1 aromatic heterocycles. The highest BCUT2D eigenvalue weighted by atomic mass is 16.5. The fourth-order valence-electron chi connectivity index (χ4n) is 3.39. The van der Waals surface area contributed by atoms with E-state index in [4.69, 9.17) is 9.47 Å². The summed E-state index contributed by atoms with van der Waals surface area (Å²) in [5, 5.41) is 9.57. The van der Waals surface area contributed by atoms with Crippen molar-refractivity contribution >= 4 is 11.7 Å². The summed E-state index contributed by atoms with van der Waals surface area (Å²) in [6.07, 6.45) is 3.34. The van der Waals surface area contributed by atoms with E-state index in [-0.39, 0.29) is 12.0 Å². The van der Waals surface area contributed by atoms with Crippen LogP contribution in [0.25, 0.3) is 0 Å². The van der Waals surface area contributed by atoms with Crippen molar-refractivity contribution in [3.05, 3.63) is 18.3 Å². The van der Waals surface area contributed by atoms with Gasteiger partial charge in [-0.3, -0.25) is 4.79 Å². The summed E-state index contributed by atoms with van der Waals surface area (Å²) in [5.74, 6) is 1.40. The third kappa shape index (κ3) is 3.54. The number of nitriles is 1. The van der Waals surface area contributed by atoms with Crippen LogP contribution < -0.4 is 9.64 Å². The third-order valence-corrected chi connectivity index (χ3v) is 4.87. The fraction of sp³-hybridized carbons (Fsp3) is 0.611. The van der Waals surface area contributed by atoms with Gasteiger partial charge < -0.3 is 19.3 Å². The Morgan fingerprint density at radius 3 is 2.92 bits per heavy atom. The molecular weight excluding hydrogens is 320 g/mol. The van der Waals surface area contributed by atoms with Crippen LogP contribution in [0.4, 0.5) is 5.82 Å². The largest absolute Gasteiger partial charge is 0.485 e. The average Bonchev–Trinajstić information content (AvgIpc) is 3.10. The first kappa shape index (κ1) is 17.5. The maximum Gasteiger partial charge on any atom is 0.243 e. The van der Waals surface area contributed by atoms with Gasteiger partial charge in [-0.25, -0.2) is 4.98 Å². The smallest absolute Gasteiger partial charge is 0.243 e. The highest BCUT2D eigenvalue weighted by molar-refractivity contribution is 5.86. The van der Waals surface area contributed by atoms with E-state index in [1.807, 2.05) is 31.1 Å². The lowest BCUT2D eigenvalue weighted by atomic mass is 9.80. The molecule has 2 aliphatic rings. The number of rotatable bonds is 4. The first-order valence-corrected chi connectivity index (χ1v) is 8.63. The zero-order valence-electron chi connectivity index (χ0n) is 14.8. The van der Waals surface area contributed by atoms with Crippen LogP contribution in [0.2, 0.25) is 0 Å². The Bertz CT molecular complexity index is 665. The number of pyridine rings is 1. The van der Waals surface area contributed by atoms with Gasteiger partial charge in [-0.15, -0.1) is 0 Å². The number of anilines is 1. The molecule has 134 valence electrons. The summed E-state index contributed by atoms with van der Waals surface area (Å²) in [6.45, 7) is 2.06. The molecule has 0 aromatic carbocycles. The summed E-state index contributed by atoms with van der Waals surface area (Å²) in [4.78, 5) is 20.9. The molecule has 0 N–H and O–H groups in total. The number of nitrogens with zero attached hydrogens (tertiary/aromatic N) is 4. The quantitative estimate of drug-likeness (QED) is 0.822. The van der Waals surface area contributed by atoms with Gasteiger partial charge in [-0.1, -0.05) is 0 Å². The maximum absolute atomic E-state index is 12.9. The van der Waals surface area contributed by atoms with E-state index in [0.717, 1.165) is 12.2 Å². The molecule has 0 spiro atoms. The van der Waals surface area contributed by atoms with E-state index in [9.17, 15) is 10.1 Å². The van der Waals surface area contributed by atoms with Crippen molar-refractivity contribution < 1.29 is 14.3 Å². The van der Waals surface area contributed by atoms with Crippen LogP contribution in [0.15, 0.2) is 18.3 Å². The normalized spacial score (nSPS) is 22.3. The van der Waals surface area contributed by atoms with Crippen LogP contribution in [-0.4, -0.2) is 62.3 Å². The van der Waals surface area contributed by atoms with E-state index >= 15 is 0 Å². The van der Waals surface area contributed by atoms with Crippen LogP contribution in [0, 0.1) is 16.7 Å². The second-order valence-corrected chi connectivity index (χ2v) is 6.81. The molecule has 7 heteroatoms. The van der Waals surface area contributed by atoms with Crippen molar-refractivity contribution in [3.8, 4) is 11.8 Å². The molecule has 25 heavy (non-hydrogen) atoms. The molecule has 2 fully saturated rings. The Hall–Kier alpha value is -2.33. The summed E-state index contributed by atoms with van der Waals surface area (Å²) in [5.41, 5.74) is -0.934. The Kier molecular flexibility index (Phi) is 5.09. The van der Waals surface area contributed by atoms with Crippen molar-refractivity contribution in [2.24, 2.45) is 5.41 Å². The molecule has 1 atom stereocenters. The third-order valence-electron chi connectivity index (χ3n) is 4.87. The number of likely N-dealkylation sites (tertiary alicyclic amines) is 1. The zero-order valence-corrected chi connectivity index (χ0v) is 14.8. The predicted molar refractivity (Wildman–Crippen MR) is 92.3 cm³/mol. The summed E-state index contributed by atoms with van der Waals surface area (Å²) in [6, 6.07) is 5.99. The van der Waals surface area contributed by atoms with Crippen LogP contribution in [0.1, 0.15) is 19.3 Å². The average molecular weight is 344 g/mol. The highest BCUT2D eigenvalue weighted by Crippen LogP contribution is 2.34. The van der Waals surface area contributed by atoms with E-state index in [0.29, 0.717) is 44.9 Å². The Morgan fingerprint density at radius 2 is 2.24 bits per heavy atom. The maximum atomic E-state index is 12.9. The number of aromatic nitrogens is 1. The van der Waals surface area contributed by atoms with Crippen LogP contribution >= 0.6 is 0 Å². The standard InChI is InChI=1S/C18H24N4O3/c1-21(2)16-15(4-3-8-20-16)25-14-5-9-22(12-14)17(23)18(13-19)6-10-24-11-7-18/h3-4,8,14H,5-7,9-12H2,1-2H3/t14-/m0/s1.